The van der Waals surface area contributed by atoms with Gasteiger partial charge < -0.3 is 15.6 Å². The first kappa shape index (κ1) is 11.6. The zero-order valence-electron chi connectivity index (χ0n) is 6.98. The number of rotatable bonds is 2. The van der Waals surface area contributed by atoms with Crippen LogP contribution in [0.15, 0.2) is 18.2 Å². The van der Waals surface area contributed by atoms with Crippen LogP contribution in [-0.2, 0) is 0 Å². The molecule has 0 aliphatic carbocycles. The Kier molecular flexibility index (Phi) is 4.07. The number of methoxy groups -OCH3 is 1. The van der Waals surface area contributed by atoms with Crippen LogP contribution >= 0.6 is 12.4 Å². The van der Waals surface area contributed by atoms with Crippen molar-refractivity contribution < 1.29 is 14.6 Å². The molecule has 1 aromatic carbocycles. The third-order valence-corrected chi connectivity index (χ3v) is 1.52. The Morgan fingerprint density at radius 1 is 1.54 bits per heavy atom. The van der Waals surface area contributed by atoms with Crippen LogP contribution in [0.2, 0.25) is 0 Å². The number of halogens is 1. The van der Waals surface area contributed by atoms with Crippen molar-refractivity contribution in [1.29, 1.82) is 0 Å². The second-order valence-corrected chi connectivity index (χ2v) is 2.23. The third-order valence-electron chi connectivity index (χ3n) is 1.52. The van der Waals surface area contributed by atoms with Gasteiger partial charge in [-0.25, -0.2) is 4.79 Å². The third kappa shape index (κ3) is 2.26. The van der Waals surface area contributed by atoms with Crippen LogP contribution in [0.25, 0.3) is 0 Å². The lowest BCUT2D eigenvalue weighted by Gasteiger charge is -2.05. The minimum absolute atomic E-state index is 0. The van der Waals surface area contributed by atoms with Gasteiger partial charge in [-0.1, -0.05) is 6.07 Å². The Morgan fingerprint density at radius 2 is 2.15 bits per heavy atom. The Balaban J connectivity index is 0.00000144. The summed E-state index contributed by atoms with van der Waals surface area (Å²) in [5, 5.41) is 8.65. The second-order valence-electron chi connectivity index (χ2n) is 2.23. The molecule has 1 aromatic rings. The SMILES string of the molecule is COc1cccc(C(=O)O)c1N.Cl. The highest BCUT2D eigenvalue weighted by molar-refractivity contribution is 5.95. The molecule has 0 saturated carbocycles. The quantitative estimate of drug-likeness (QED) is 0.713. The second kappa shape index (κ2) is 4.57. The minimum atomic E-state index is -1.05. The normalized spacial score (nSPS) is 8.69. The number of hydrogen-bond acceptors (Lipinski definition) is 3. The van der Waals surface area contributed by atoms with Gasteiger partial charge in [0.1, 0.15) is 5.75 Å². The van der Waals surface area contributed by atoms with Gasteiger partial charge in [-0.05, 0) is 12.1 Å². The van der Waals surface area contributed by atoms with E-state index in [0.717, 1.165) is 0 Å². The van der Waals surface area contributed by atoms with Crippen LogP contribution in [0, 0.1) is 0 Å². The molecule has 0 aromatic heterocycles. The van der Waals surface area contributed by atoms with E-state index in [1.165, 1.54) is 13.2 Å². The molecule has 0 fully saturated rings. The molecule has 0 aliphatic rings. The lowest BCUT2D eigenvalue weighted by atomic mass is 10.2. The highest BCUT2D eigenvalue weighted by Gasteiger charge is 2.10. The van der Waals surface area contributed by atoms with Gasteiger partial charge in [0.25, 0.3) is 0 Å². The number of nitrogens with two attached hydrogens (primary N) is 1. The average Bonchev–Trinajstić information content (AvgIpc) is 2.04. The van der Waals surface area contributed by atoms with Crippen molar-refractivity contribution in [3.8, 4) is 5.75 Å². The first-order valence-corrected chi connectivity index (χ1v) is 3.32. The molecule has 1 rings (SSSR count). The maximum absolute atomic E-state index is 10.6. The fourth-order valence-electron chi connectivity index (χ4n) is 0.909. The summed E-state index contributed by atoms with van der Waals surface area (Å²) in [5.41, 5.74) is 5.71. The van der Waals surface area contributed by atoms with E-state index in [-0.39, 0.29) is 23.7 Å². The summed E-state index contributed by atoms with van der Waals surface area (Å²) in [6.07, 6.45) is 0. The van der Waals surface area contributed by atoms with Crippen molar-refractivity contribution in [3.63, 3.8) is 0 Å². The molecule has 3 N–H and O–H groups in total. The summed E-state index contributed by atoms with van der Waals surface area (Å²) in [6.45, 7) is 0. The lowest BCUT2D eigenvalue weighted by Crippen LogP contribution is -2.03. The van der Waals surface area contributed by atoms with Crippen molar-refractivity contribution >= 4 is 24.1 Å². The number of hydrogen-bond donors (Lipinski definition) is 2. The Bertz CT molecular complexity index is 314. The van der Waals surface area contributed by atoms with Crippen LogP contribution in [0.1, 0.15) is 10.4 Å². The largest absolute Gasteiger partial charge is 0.495 e. The fourth-order valence-corrected chi connectivity index (χ4v) is 0.909. The molecule has 72 valence electrons. The zero-order valence-corrected chi connectivity index (χ0v) is 7.80. The molecule has 0 atom stereocenters. The molecule has 13 heavy (non-hydrogen) atoms. The summed E-state index contributed by atoms with van der Waals surface area (Å²) < 4.78 is 4.85. The van der Waals surface area contributed by atoms with Gasteiger partial charge in [-0.3, -0.25) is 0 Å². The van der Waals surface area contributed by atoms with E-state index < -0.39 is 5.97 Å². The molecule has 0 bridgehead atoms. The van der Waals surface area contributed by atoms with Gasteiger partial charge in [-0.15, -0.1) is 12.4 Å². The van der Waals surface area contributed by atoms with Gasteiger partial charge in [-0.2, -0.15) is 0 Å². The van der Waals surface area contributed by atoms with E-state index in [2.05, 4.69) is 0 Å². The summed E-state index contributed by atoms with van der Waals surface area (Å²) in [7, 11) is 1.44. The molecule has 0 amide bonds. The first-order valence-electron chi connectivity index (χ1n) is 3.32. The van der Waals surface area contributed by atoms with Crippen LogP contribution in [0.5, 0.6) is 5.75 Å². The fraction of sp³-hybridized carbons (Fsp3) is 0.125. The Hall–Kier alpha value is -1.42. The molecule has 0 aliphatic heterocycles. The van der Waals surface area contributed by atoms with E-state index in [1.54, 1.807) is 12.1 Å². The number of para-hydroxylation sites is 1. The maximum Gasteiger partial charge on any atom is 0.337 e. The van der Waals surface area contributed by atoms with E-state index in [4.69, 9.17) is 15.6 Å². The summed E-state index contributed by atoms with van der Waals surface area (Å²) >= 11 is 0. The number of nitrogen functional groups attached to an aromatic ring is 1. The monoisotopic (exact) mass is 203 g/mol. The molecular weight excluding hydrogens is 194 g/mol. The van der Waals surface area contributed by atoms with Gasteiger partial charge >= 0.3 is 5.97 Å². The summed E-state index contributed by atoms with van der Waals surface area (Å²) in [4.78, 5) is 10.6. The van der Waals surface area contributed by atoms with E-state index in [9.17, 15) is 4.79 Å². The minimum Gasteiger partial charge on any atom is -0.495 e. The molecule has 0 heterocycles. The van der Waals surface area contributed by atoms with Crippen molar-refractivity contribution in [2.45, 2.75) is 0 Å². The number of carboxylic acids is 1. The van der Waals surface area contributed by atoms with Crippen molar-refractivity contribution in [2.75, 3.05) is 12.8 Å². The van der Waals surface area contributed by atoms with Crippen molar-refractivity contribution in [2.24, 2.45) is 0 Å². The van der Waals surface area contributed by atoms with Gasteiger partial charge in [0, 0.05) is 0 Å². The molecule has 0 spiro atoms. The van der Waals surface area contributed by atoms with Crippen molar-refractivity contribution in [3.05, 3.63) is 23.8 Å². The first-order chi connectivity index (χ1) is 5.66. The van der Waals surface area contributed by atoms with Gasteiger partial charge in [0.05, 0.1) is 18.4 Å². The molecule has 0 saturated heterocycles. The standard InChI is InChI=1S/C8H9NO3.ClH/c1-12-6-4-2-3-5(7(6)9)8(10)11;/h2-4H,9H2,1H3,(H,10,11);1H. The van der Waals surface area contributed by atoms with Gasteiger partial charge in [0.2, 0.25) is 0 Å². The zero-order chi connectivity index (χ0) is 9.14. The van der Waals surface area contributed by atoms with E-state index in [0.29, 0.717) is 5.75 Å². The molecule has 0 unspecified atom stereocenters. The number of carbonyl (C=O) groups is 1. The highest BCUT2D eigenvalue weighted by Crippen LogP contribution is 2.24. The summed E-state index contributed by atoms with van der Waals surface area (Å²) in [6, 6.07) is 4.63. The van der Waals surface area contributed by atoms with E-state index >= 15 is 0 Å². The lowest BCUT2D eigenvalue weighted by molar-refractivity contribution is 0.0697. The van der Waals surface area contributed by atoms with Crippen LogP contribution in [0.4, 0.5) is 5.69 Å². The smallest absolute Gasteiger partial charge is 0.337 e. The highest BCUT2D eigenvalue weighted by atomic mass is 35.5. The number of anilines is 1. The average molecular weight is 204 g/mol. The van der Waals surface area contributed by atoms with Gasteiger partial charge in [0.15, 0.2) is 0 Å². The molecular formula is C8H10ClNO3. The van der Waals surface area contributed by atoms with Crippen LogP contribution < -0.4 is 10.5 Å². The Morgan fingerprint density at radius 3 is 2.62 bits per heavy atom. The summed E-state index contributed by atoms with van der Waals surface area (Å²) in [5.74, 6) is -0.665. The van der Waals surface area contributed by atoms with Crippen LogP contribution in [-0.4, -0.2) is 18.2 Å². The number of aromatic carboxylic acids is 1. The number of ether oxygens (including phenoxy) is 1. The Labute approximate surface area is 81.7 Å². The molecule has 0 radical (unpaired) electrons. The van der Waals surface area contributed by atoms with E-state index in [1.807, 2.05) is 0 Å². The topological polar surface area (TPSA) is 72.5 Å². The van der Waals surface area contributed by atoms with Crippen LogP contribution in [0.3, 0.4) is 0 Å². The predicted molar refractivity (Wildman–Crippen MR) is 51.6 cm³/mol. The van der Waals surface area contributed by atoms with Crippen molar-refractivity contribution in [1.82, 2.24) is 0 Å². The molecule has 5 heteroatoms. The molecule has 4 nitrogen and oxygen atoms in total. The number of benzene rings is 1. The maximum atomic E-state index is 10.6. The predicted octanol–water partition coefficient (Wildman–Crippen LogP) is 1.40. The number of carboxylic acid groups (broad SMARTS) is 1.